The normalized spacial score (nSPS) is 11.7. The highest BCUT2D eigenvalue weighted by Gasteiger charge is 2.21. The number of hydrogen-bond donors (Lipinski definition) is 0. The minimum atomic E-state index is 0.322. The molecule has 37 heavy (non-hydrogen) atoms. The summed E-state index contributed by atoms with van der Waals surface area (Å²) < 4.78 is 1.84. The Balaban J connectivity index is 1.77. The van der Waals surface area contributed by atoms with Crippen molar-refractivity contribution in [2.75, 3.05) is 11.9 Å². The zero-order chi connectivity index (χ0) is 26.7. The van der Waals surface area contributed by atoms with Crippen molar-refractivity contribution in [1.29, 1.82) is 5.26 Å². The lowest BCUT2D eigenvalue weighted by atomic mass is 9.98. The maximum absolute atomic E-state index is 9.77. The summed E-state index contributed by atoms with van der Waals surface area (Å²) in [5, 5.41) is 15.9. The number of halogens is 1. The van der Waals surface area contributed by atoms with Crippen LogP contribution in [0, 0.1) is 25.2 Å². The molecule has 190 valence electrons. The molecule has 7 nitrogen and oxygen atoms in total. The third kappa shape index (κ3) is 5.76. The van der Waals surface area contributed by atoms with Crippen LogP contribution in [0.2, 0.25) is 5.15 Å². The number of nitriles is 1. The van der Waals surface area contributed by atoms with Crippen molar-refractivity contribution < 1.29 is 0 Å². The summed E-state index contributed by atoms with van der Waals surface area (Å²) in [5.41, 5.74) is 6.77. The van der Waals surface area contributed by atoms with E-state index in [-0.39, 0.29) is 0 Å². The van der Waals surface area contributed by atoms with Crippen molar-refractivity contribution in [2.24, 2.45) is 7.05 Å². The van der Waals surface area contributed by atoms with Crippen LogP contribution >= 0.6 is 11.6 Å². The molecule has 4 aromatic rings. The summed E-state index contributed by atoms with van der Waals surface area (Å²) in [4.78, 5) is 13.4. The van der Waals surface area contributed by atoms with Crippen LogP contribution in [0.15, 0.2) is 60.4 Å². The number of rotatable bonds is 8. The fourth-order valence-electron chi connectivity index (χ4n) is 4.68. The molecule has 0 aliphatic heterocycles. The predicted molar refractivity (Wildman–Crippen MR) is 149 cm³/mol. The number of allylic oxidation sites excluding steroid dienone is 1. The van der Waals surface area contributed by atoms with Crippen molar-refractivity contribution in [1.82, 2.24) is 24.6 Å². The Labute approximate surface area is 223 Å². The highest BCUT2D eigenvalue weighted by molar-refractivity contribution is 6.29. The van der Waals surface area contributed by atoms with E-state index in [0.717, 1.165) is 45.2 Å². The first kappa shape index (κ1) is 26.2. The summed E-state index contributed by atoms with van der Waals surface area (Å²) >= 11 is 6.35. The topological polar surface area (TPSA) is 73.9 Å². The van der Waals surface area contributed by atoms with Crippen molar-refractivity contribution in [3.05, 3.63) is 93.8 Å². The molecule has 4 rings (SSSR count). The van der Waals surface area contributed by atoms with Crippen LogP contribution in [0.25, 0.3) is 11.0 Å². The fourth-order valence-corrected chi connectivity index (χ4v) is 4.93. The van der Waals surface area contributed by atoms with E-state index in [9.17, 15) is 5.26 Å². The lowest BCUT2D eigenvalue weighted by molar-refractivity contribution is 0.390. The molecular weight excluding hydrogens is 482 g/mol. The molecule has 0 radical (unpaired) electrons. The van der Waals surface area contributed by atoms with Gasteiger partial charge in [0, 0.05) is 37.4 Å². The van der Waals surface area contributed by atoms with E-state index in [1.165, 1.54) is 5.56 Å². The first-order chi connectivity index (χ1) is 17.7. The third-order valence-electron chi connectivity index (χ3n) is 6.34. The van der Waals surface area contributed by atoms with Crippen LogP contribution in [0.5, 0.6) is 0 Å². The van der Waals surface area contributed by atoms with Gasteiger partial charge in [-0.3, -0.25) is 4.68 Å². The van der Waals surface area contributed by atoms with Gasteiger partial charge in [0.25, 0.3) is 0 Å². The molecule has 0 saturated heterocycles. The first-order valence-corrected chi connectivity index (χ1v) is 12.7. The molecule has 0 spiro atoms. The van der Waals surface area contributed by atoms with E-state index in [2.05, 4.69) is 58.0 Å². The smallest absolute Gasteiger partial charge is 0.158 e. The largest absolute Gasteiger partial charge is 0.355 e. The predicted octanol–water partition coefficient (Wildman–Crippen LogP) is 6.26. The molecule has 0 saturated carbocycles. The van der Waals surface area contributed by atoms with Gasteiger partial charge in [-0.05, 0) is 49.1 Å². The lowest BCUT2D eigenvalue weighted by Gasteiger charge is -2.33. The molecule has 8 heteroatoms. The molecule has 0 fully saturated rings. The molecule has 0 unspecified atom stereocenters. The quantitative estimate of drug-likeness (QED) is 0.204. The Morgan fingerprint density at radius 3 is 2.49 bits per heavy atom. The minimum Gasteiger partial charge on any atom is -0.355 e. The van der Waals surface area contributed by atoms with Crippen molar-refractivity contribution >= 4 is 28.3 Å². The fraction of sp³-hybridized carbons (Fsp3) is 0.310. The number of nitrogens with zero attached hydrogens (tertiary/aromatic N) is 7. The second-order valence-corrected chi connectivity index (χ2v) is 10.0. The van der Waals surface area contributed by atoms with Gasteiger partial charge in [0.1, 0.15) is 11.0 Å². The zero-order valence-electron chi connectivity index (χ0n) is 22.2. The van der Waals surface area contributed by atoms with Gasteiger partial charge in [0.2, 0.25) is 0 Å². The molecule has 3 aromatic heterocycles. The van der Waals surface area contributed by atoms with Crippen molar-refractivity contribution in [3.8, 4) is 6.07 Å². The average molecular weight is 514 g/mol. The lowest BCUT2D eigenvalue weighted by Crippen LogP contribution is -2.33. The van der Waals surface area contributed by atoms with Gasteiger partial charge in [0.15, 0.2) is 5.65 Å². The number of anilines is 1. The summed E-state index contributed by atoms with van der Waals surface area (Å²) in [7, 11) is 3.91. The molecule has 0 amide bonds. The SMILES string of the molecule is Cc1cc(N(Cc2ccccc2)/C(=C\C#N)N(C)Cc2cc(C(C)C)c3c(C)nn(C)c3n2)cc(Cl)n1. The molecule has 0 aliphatic carbocycles. The molecular formula is C29H32ClN7. The van der Waals surface area contributed by atoms with Gasteiger partial charge in [-0.2, -0.15) is 10.4 Å². The summed E-state index contributed by atoms with van der Waals surface area (Å²) in [5.74, 6) is 1.06. The van der Waals surface area contributed by atoms with E-state index in [1.54, 1.807) is 6.08 Å². The highest BCUT2D eigenvalue weighted by atomic mass is 35.5. The number of benzene rings is 1. The van der Waals surface area contributed by atoms with E-state index in [0.29, 0.717) is 24.2 Å². The summed E-state index contributed by atoms with van der Waals surface area (Å²) in [6, 6.07) is 18.4. The number of aryl methyl sites for hydroxylation is 3. The number of fused-ring (bicyclic) bond motifs is 1. The van der Waals surface area contributed by atoms with Crippen LogP contribution in [-0.2, 0) is 20.1 Å². The molecule has 0 aliphatic rings. The Morgan fingerprint density at radius 2 is 1.84 bits per heavy atom. The third-order valence-corrected chi connectivity index (χ3v) is 6.53. The average Bonchev–Trinajstić information content (AvgIpc) is 3.13. The maximum Gasteiger partial charge on any atom is 0.158 e. The van der Waals surface area contributed by atoms with Gasteiger partial charge >= 0.3 is 0 Å². The number of aromatic nitrogens is 4. The van der Waals surface area contributed by atoms with Crippen LogP contribution in [0.3, 0.4) is 0 Å². The Morgan fingerprint density at radius 1 is 1.11 bits per heavy atom. The Kier molecular flexibility index (Phi) is 7.80. The van der Waals surface area contributed by atoms with Crippen LogP contribution < -0.4 is 4.90 Å². The number of hydrogen-bond acceptors (Lipinski definition) is 6. The van der Waals surface area contributed by atoms with Crippen LogP contribution in [0.4, 0.5) is 5.69 Å². The minimum absolute atomic E-state index is 0.322. The Bertz CT molecular complexity index is 1460. The van der Waals surface area contributed by atoms with Gasteiger partial charge in [-0.15, -0.1) is 0 Å². The summed E-state index contributed by atoms with van der Waals surface area (Å²) in [6.07, 6.45) is 1.57. The van der Waals surface area contributed by atoms with E-state index >= 15 is 0 Å². The molecule has 1 aromatic carbocycles. The Hall–Kier alpha value is -3.89. The van der Waals surface area contributed by atoms with Crippen LogP contribution in [-0.4, -0.2) is 31.7 Å². The molecule has 0 bridgehead atoms. The highest BCUT2D eigenvalue weighted by Crippen LogP contribution is 2.30. The van der Waals surface area contributed by atoms with Gasteiger partial charge < -0.3 is 9.80 Å². The summed E-state index contributed by atoms with van der Waals surface area (Å²) in [6.45, 7) is 9.38. The van der Waals surface area contributed by atoms with Gasteiger partial charge in [0.05, 0.1) is 30.1 Å². The van der Waals surface area contributed by atoms with Crippen LogP contribution in [0.1, 0.15) is 48.0 Å². The zero-order valence-corrected chi connectivity index (χ0v) is 23.0. The first-order valence-electron chi connectivity index (χ1n) is 12.3. The second-order valence-electron chi connectivity index (χ2n) is 9.61. The molecule has 0 N–H and O–H groups in total. The van der Waals surface area contributed by atoms with E-state index in [1.807, 2.05) is 63.0 Å². The van der Waals surface area contributed by atoms with E-state index in [4.69, 9.17) is 16.6 Å². The monoisotopic (exact) mass is 513 g/mol. The second kappa shape index (κ2) is 11.0. The molecule has 3 heterocycles. The standard InChI is InChI=1S/C29H32ClN7/c1-19(2)25-15-23(33-29-28(25)21(4)34-36(29)6)18-35(5)27(12-13-31)37(17-22-10-8-7-9-11-22)24-14-20(3)32-26(30)16-24/h7-12,14-16,19H,17-18H2,1-6H3/b27-12-. The van der Waals surface area contributed by atoms with Gasteiger partial charge in [-0.1, -0.05) is 55.8 Å². The van der Waals surface area contributed by atoms with Crippen molar-refractivity contribution in [3.63, 3.8) is 0 Å². The van der Waals surface area contributed by atoms with Crippen molar-refractivity contribution in [2.45, 2.75) is 46.7 Å². The van der Waals surface area contributed by atoms with E-state index < -0.39 is 0 Å². The molecule has 0 atom stereocenters. The number of pyridine rings is 2. The van der Waals surface area contributed by atoms with Gasteiger partial charge in [-0.25, -0.2) is 9.97 Å². The maximum atomic E-state index is 9.77.